The van der Waals surface area contributed by atoms with Gasteiger partial charge in [0.25, 0.3) is 0 Å². The van der Waals surface area contributed by atoms with Crippen molar-refractivity contribution in [3.63, 3.8) is 0 Å². The standard InChI is InChI=1S/C9H9NS/c1-6-3-9(11)4-8(5-10)7(6)2/h3-4,11H,1-2H3. The van der Waals surface area contributed by atoms with Crippen molar-refractivity contribution in [2.24, 2.45) is 0 Å². The van der Waals surface area contributed by atoms with Crippen LogP contribution in [-0.2, 0) is 0 Å². The number of benzene rings is 1. The highest BCUT2D eigenvalue weighted by Crippen LogP contribution is 2.17. The van der Waals surface area contributed by atoms with Gasteiger partial charge in [-0.15, -0.1) is 12.6 Å². The minimum absolute atomic E-state index is 0.718. The maximum absolute atomic E-state index is 8.68. The molecule has 1 aromatic carbocycles. The fraction of sp³-hybridized carbons (Fsp3) is 0.222. The molecule has 0 fully saturated rings. The van der Waals surface area contributed by atoms with Crippen molar-refractivity contribution in [2.45, 2.75) is 18.7 Å². The molecule has 0 aliphatic heterocycles. The molecule has 0 saturated carbocycles. The number of nitriles is 1. The zero-order valence-electron chi connectivity index (χ0n) is 6.55. The minimum atomic E-state index is 0.718. The van der Waals surface area contributed by atoms with E-state index in [9.17, 15) is 0 Å². The van der Waals surface area contributed by atoms with E-state index < -0.39 is 0 Å². The van der Waals surface area contributed by atoms with Gasteiger partial charge in [-0.3, -0.25) is 0 Å². The molecule has 0 N–H and O–H groups in total. The van der Waals surface area contributed by atoms with Crippen LogP contribution in [-0.4, -0.2) is 0 Å². The molecule has 0 aromatic heterocycles. The molecular weight excluding hydrogens is 154 g/mol. The van der Waals surface area contributed by atoms with E-state index in [-0.39, 0.29) is 0 Å². The van der Waals surface area contributed by atoms with Gasteiger partial charge in [0, 0.05) is 4.90 Å². The number of rotatable bonds is 0. The molecule has 0 amide bonds. The van der Waals surface area contributed by atoms with Gasteiger partial charge in [0.1, 0.15) is 0 Å². The third-order valence-corrected chi connectivity index (χ3v) is 2.03. The maximum Gasteiger partial charge on any atom is 0.0994 e. The second-order valence-corrected chi connectivity index (χ2v) is 3.06. The molecule has 0 saturated heterocycles. The molecule has 0 aliphatic rings. The van der Waals surface area contributed by atoms with Gasteiger partial charge in [0.05, 0.1) is 11.6 Å². The molecule has 1 rings (SSSR count). The maximum atomic E-state index is 8.68. The molecule has 0 heterocycles. The van der Waals surface area contributed by atoms with Crippen molar-refractivity contribution < 1.29 is 0 Å². The summed E-state index contributed by atoms with van der Waals surface area (Å²) in [7, 11) is 0. The molecule has 11 heavy (non-hydrogen) atoms. The predicted octanol–water partition coefficient (Wildman–Crippen LogP) is 2.46. The van der Waals surface area contributed by atoms with E-state index in [1.807, 2.05) is 19.9 Å². The first-order valence-electron chi connectivity index (χ1n) is 3.35. The van der Waals surface area contributed by atoms with Crippen LogP contribution in [0.4, 0.5) is 0 Å². The summed E-state index contributed by atoms with van der Waals surface area (Å²) in [5.41, 5.74) is 2.88. The van der Waals surface area contributed by atoms with Crippen LogP contribution in [0.15, 0.2) is 17.0 Å². The van der Waals surface area contributed by atoms with Crippen molar-refractivity contribution >= 4 is 12.6 Å². The highest BCUT2D eigenvalue weighted by atomic mass is 32.1. The van der Waals surface area contributed by atoms with E-state index >= 15 is 0 Å². The second-order valence-electron chi connectivity index (χ2n) is 2.55. The summed E-state index contributed by atoms with van der Waals surface area (Å²) in [6, 6.07) is 5.87. The van der Waals surface area contributed by atoms with Crippen molar-refractivity contribution in [3.8, 4) is 6.07 Å². The second kappa shape index (κ2) is 2.98. The van der Waals surface area contributed by atoms with Crippen molar-refractivity contribution in [1.82, 2.24) is 0 Å². The Labute approximate surface area is 72.1 Å². The normalized spacial score (nSPS) is 9.27. The van der Waals surface area contributed by atoms with Crippen LogP contribution in [0.25, 0.3) is 0 Å². The lowest BCUT2D eigenvalue weighted by atomic mass is 10.0. The van der Waals surface area contributed by atoms with E-state index in [4.69, 9.17) is 5.26 Å². The van der Waals surface area contributed by atoms with Crippen LogP contribution in [0.2, 0.25) is 0 Å². The quantitative estimate of drug-likeness (QED) is 0.583. The molecule has 0 aliphatic carbocycles. The molecule has 0 spiro atoms. The van der Waals surface area contributed by atoms with Crippen LogP contribution < -0.4 is 0 Å². The van der Waals surface area contributed by atoms with Crippen LogP contribution in [0.5, 0.6) is 0 Å². The minimum Gasteiger partial charge on any atom is -0.192 e. The predicted molar refractivity (Wildman–Crippen MR) is 47.9 cm³/mol. The Morgan fingerprint density at radius 2 is 2.00 bits per heavy atom. The summed E-state index contributed by atoms with van der Waals surface area (Å²) < 4.78 is 0. The molecule has 1 aromatic rings. The smallest absolute Gasteiger partial charge is 0.0994 e. The summed E-state index contributed by atoms with van der Waals surface area (Å²) in [5, 5.41) is 8.68. The molecule has 0 bridgehead atoms. The van der Waals surface area contributed by atoms with Gasteiger partial charge in [-0.2, -0.15) is 5.26 Å². The number of hydrogen-bond acceptors (Lipinski definition) is 2. The SMILES string of the molecule is Cc1cc(S)cc(C#N)c1C. The summed E-state index contributed by atoms with van der Waals surface area (Å²) >= 11 is 4.17. The zero-order valence-corrected chi connectivity index (χ0v) is 7.44. The summed E-state index contributed by atoms with van der Waals surface area (Å²) in [5.74, 6) is 0. The lowest BCUT2D eigenvalue weighted by molar-refractivity contribution is 1.25. The van der Waals surface area contributed by atoms with Crippen molar-refractivity contribution in [1.29, 1.82) is 5.26 Å². The van der Waals surface area contributed by atoms with Crippen LogP contribution in [0, 0.1) is 25.2 Å². The molecular formula is C9H9NS. The topological polar surface area (TPSA) is 23.8 Å². The van der Waals surface area contributed by atoms with Gasteiger partial charge < -0.3 is 0 Å². The highest BCUT2D eigenvalue weighted by molar-refractivity contribution is 7.80. The fourth-order valence-electron chi connectivity index (χ4n) is 0.956. The molecule has 0 atom stereocenters. The third-order valence-electron chi connectivity index (χ3n) is 1.77. The highest BCUT2D eigenvalue weighted by Gasteiger charge is 2.00. The first kappa shape index (κ1) is 8.16. The van der Waals surface area contributed by atoms with Gasteiger partial charge in [-0.1, -0.05) is 0 Å². The monoisotopic (exact) mass is 163 g/mol. The number of thiol groups is 1. The fourth-order valence-corrected chi connectivity index (χ4v) is 1.28. The van der Waals surface area contributed by atoms with E-state index in [0.717, 1.165) is 21.6 Å². The average molecular weight is 163 g/mol. The summed E-state index contributed by atoms with van der Waals surface area (Å²) in [6.07, 6.45) is 0. The van der Waals surface area contributed by atoms with E-state index in [1.54, 1.807) is 6.07 Å². The summed E-state index contributed by atoms with van der Waals surface area (Å²) in [6.45, 7) is 3.93. The van der Waals surface area contributed by atoms with E-state index in [1.165, 1.54) is 0 Å². The molecule has 2 heteroatoms. The molecule has 1 nitrogen and oxygen atoms in total. The van der Waals surface area contributed by atoms with Gasteiger partial charge in [0.15, 0.2) is 0 Å². The van der Waals surface area contributed by atoms with Crippen LogP contribution in [0.3, 0.4) is 0 Å². The lowest BCUT2D eigenvalue weighted by Gasteiger charge is -2.02. The first-order valence-corrected chi connectivity index (χ1v) is 3.80. The van der Waals surface area contributed by atoms with Crippen LogP contribution in [0.1, 0.15) is 16.7 Å². The first-order chi connectivity index (χ1) is 5.15. The number of nitrogens with zero attached hydrogens (tertiary/aromatic N) is 1. The largest absolute Gasteiger partial charge is 0.192 e. The lowest BCUT2D eigenvalue weighted by Crippen LogP contribution is -1.86. The van der Waals surface area contributed by atoms with Crippen molar-refractivity contribution in [2.75, 3.05) is 0 Å². The zero-order chi connectivity index (χ0) is 8.43. The van der Waals surface area contributed by atoms with E-state index in [2.05, 4.69) is 18.7 Å². The summed E-state index contributed by atoms with van der Waals surface area (Å²) in [4.78, 5) is 0.852. The molecule has 0 radical (unpaired) electrons. The average Bonchev–Trinajstić information content (AvgIpc) is 1.96. The molecule has 56 valence electrons. The Hall–Kier alpha value is -0.940. The Kier molecular flexibility index (Phi) is 2.21. The van der Waals surface area contributed by atoms with Gasteiger partial charge in [0.2, 0.25) is 0 Å². The molecule has 0 unspecified atom stereocenters. The third kappa shape index (κ3) is 1.55. The number of aryl methyl sites for hydroxylation is 1. The Morgan fingerprint density at radius 3 is 2.55 bits per heavy atom. The van der Waals surface area contributed by atoms with Gasteiger partial charge >= 0.3 is 0 Å². The Balaban J connectivity index is 3.39. The van der Waals surface area contributed by atoms with Gasteiger partial charge in [-0.25, -0.2) is 0 Å². The Bertz CT molecular complexity index is 323. The Morgan fingerprint density at radius 1 is 1.36 bits per heavy atom. The van der Waals surface area contributed by atoms with E-state index in [0.29, 0.717) is 0 Å². The van der Waals surface area contributed by atoms with Crippen molar-refractivity contribution in [3.05, 3.63) is 28.8 Å². The number of hydrogen-bond donors (Lipinski definition) is 1. The van der Waals surface area contributed by atoms with Crippen LogP contribution >= 0.6 is 12.6 Å². The van der Waals surface area contributed by atoms with Gasteiger partial charge in [-0.05, 0) is 37.1 Å².